The van der Waals surface area contributed by atoms with E-state index in [4.69, 9.17) is 18.6 Å². The number of thiophene rings is 1. The molecule has 37 heavy (non-hydrogen) atoms. The van der Waals surface area contributed by atoms with Crippen molar-refractivity contribution in [2.24, 2.45) is 0 Å². The van der Waals surface area contributed by atoms with Crippen molar-refractivity contribution in [3.8, 4) is 34.6 Å². The predicted octanol–water partition coefficient (Wildman–Crippen LogP) is 5.31. The number of nitrogens with one attached hydrogen (secondary N) is 1. The topological polar surface area (TPSA) is 111 Å². The molecule has 0 fully saturated rings. The summed E-state index contributed by atoms with van der Waals surface area (Å²) in [6.07, 6.45) is 3.86. The SMILES string of the molecule is COc1ccc(-c2oc3ccccc3c(=O)c2OCC(=O)Nc2sc3c(c2C#N)CCCC3)cc1OC. The van der Waals surface area contributed by atoms with Gasteiger partial charge in [-0.25, -0.2) is 0 Å². The van der Waals surface area contributed by atoms with Crippen LogP contribution >= 0.6 is 11.3 Å². The normalized spacial score (nSPS) is 12.5. The first kappa shape index (κ1) is 24.4. The second kappa shape index (κ2) is 10.4. The van der Waals surface area contributed by atoms with Gasteiger partial charge in [0.05, 0.1) is 25.2 Å². The molecule has 0 unspecified atom stereocenters. The number of fused-ring (bicyclic) bond motifs is 2. The molecule has 0 radical (unpaired) electrons. The van der Waals surface area contributed by atoms with E-state index < -0.39 is 17.9 Å². The summed E-state index contributed by atoms with van der Waals surface area (Å²) >= 11 is 1.43. The monoisotopic (exact) mass is 516 g/mol. The zero-order valence-corrected chi connectivity index (χ0v) is 21.2. The molecule has 1 aliphatic carbocycles. The van der Waals surface area contributed by atoms with Crippen molar-refractivity contribution >= 4 is 33.2 Å². The molecular formula is C28H24N2O6S. The Labute approximate surface area is 217 Å². The minimum Gasteiger partial charge on any atom is -0.493 e. The van der Waals surface area contributed by atoms with Crippen LogP contribution in [0.25, 0.3) is 22.3 Å². The standard InChI is InChI=1S/C28H24N2O6S/c1-33-21-12-11-16(13-22(21)34-2)26-27(25(32)18-8-3-5-9-20(18)36-26)35-15-24(31)30-28-19(14-29)17-7-4-6-10-23(17)37-28/h3,5,8-9,11-13H,4,6-7,10,15H2,1-2H3,(H,30,31). The fourth-order valence-electron chi connectivity index (χ4n) is 4.50. The molecule has 0 aliphatic heterocycles. The van der Waals surface area contributed by atoms with E-state index in [-0.39, 0.29) is 11.5 Å². The largest absolute Gasteiger partial charge is 0.493 e. The highest BCUT2D eigenvalue weighted by Crippen LogP contribution is 2.38. The van der Waals surface area contributed by atoms with Gasteiger partial charge in [-0.15, -0.1) is 11.3 Å². The molecule has 2 aromatic carbocycles. The van der Waals surface area contributed by atoms with Gasteiger partial charge in [-0.05, 0) is 61.6 Å². The minimum atomic E-state index is -0.471. The summed E-state index contributed by atoms with van der Waals surface area (Å²) in [4.78, 5) is 27.4. The first-order valence-corrected chi connectivity index (χ1v) is 12.6. The number of methoxy groups -OCH3 is 2. The molecule has 1 N–H and O–H groups in total. The first-order valence-electron chi connectivity index (χ1n) is 11.8. The molecule has 0 spiro atoms. The fraction of sp³-hybridized carbons (Fsp3) is 0.250. The number of rotatable bonds is 7. The van der Waals surface area contributed by atoms with Gasteiger partial charge in [0.2, 0.25) is 11.2 Å². The number of amides is 1. The Morgan fingerprint density at radius 1 is 1.11 bits per heavy atom. The van der Waals surface area contributed by atoms with Crippen molar-refractivity contribution in [2.45, 2.75) is 25.7 Å². The van der Waals surface area contributed by atoms with Gasteiger partial charge in [-0.2, -0.15) is 5.26 Å². The highest BCUT2D eigenvalue weighted by Gasteiger charge is 2.23. The molecule has 0 atom stereocenters. The van der Waals surface area contributed by atoms with E-state index in [1.54, 1.807) is 42.5 Å². The summed E-state index contributed by atoms with van der Waals surface area (Å²) in [5.74, 6) is 0.572. The minimum absolute atomic E-state index is 0.0907. The highest BCUT2D eigenvalue weighted by atomic mass is 32.1. The van der Waals surface area contributed by atoms with Crippen molar-refractivity contribution in [3.05, 3.63) is 68.7 Å². The van der Waals surface area contributed by atoms with Gasteiger partial charge in [0, 0.05) is 10.4 Å². The lowest BCUT2D eigenvalue weighted by atomic mass is 9.96. The van der Waals surface area contributed by atoms with Crippen LogP contribution in [0, 0.1) is 11.3 Å². The van der Waals surface area contributed by atoms with Gasteiger partial charge >= 0.3 is 0 Å². The van der Waals surface area contributed by atoms with Crippen LogP contribution in [0.15, 0.2) is 51.7 Å². The second-order valence-electron chi connectivity index (χ2n) is 8.52. The molecule has 5 rings (SSSR count). The number of hydrogen-bond donors (Lipinski definition) is 1. The third-order valence-corrected chi connectivity index (χ3v) is 7.49. The molecule has 1 amide bonds. The molecule has 0 saturated heterocycles. The van der Waals surface area contributed by atoms with Gasteiger partial charge in [0.1, 0.15) is 16.7 Å². The Balaban J connectivity index is 1.47. The molecule has 188 valence electrons. The van der Waals surface area contributed by atoms with Crippen LogP contribution in [0.3, 0.4) is 0 Å². The van der Waals surface area contributed by atoms with Gasteiger partial charge < -0.3 is 23.9 Å². The molecule has 2 heterocycles. The number of benzene rings is 2. The lowest BCUT2D eigenvalue weighted by Gasteiger charge is -2.13. The van der Waals surface area contributed by atoms with Crippen LogP contribution in [-0.4, -0.2) is 26.7 Å². The Morgan fingerprint density at radius 3 is 2.68 bits per heavy atom. The molecule has 9 heteroatoms. The van der Waals surface area contributed by atoms with Crippen LogP contribution in [0.5, 0.6) is 17.2 Å². The number of para-hydroxylation sites is 1. The van der Waals surface area contributed by atoms with Gasteiger partial charge in [0.15, 0.2) is 23.9 Å². The van der Waals surface area contributed by atoms with Crippen LogP contribution < -0.4 is 25.0 Å². The van der Waals surface area contributed by atoms with Crippen molar-refractivity contribution in [1.29, 1.82) is 5.26 Å². The summed E-state index contributed by atoms with van der Waals surface area (Å²) in [6, 6.07) is 14.2. The zero-order chi connectivity index (χ0) is 25.9. The van der Waals surface area contributed by atoms with Gasteiger partial charge in [0.25, 0.3) is 5.91 Å². The third-order valence-electron chi connectivity index (χ3n) is 6.29. The van der Waals surface area contributed by atoms with Crippen molar-refractivity contribution in [3.63, 3.8) is 0 Å². The Kier molecular flexibility index (Phi) is 6.84. The van der Waals surface area contributed by atoms with E-state index >= 15 is 0 Å². The maximum atomic E-state index is 13.4. The molecular weight excluding hydrogens is 492 g/mol. The molecule has 1 aliphatic rings. The van der Waals surface area contributed by atoms with Gasteiger partial charge in [-0.3, -0.25) is 9.59 Å². The maximum Gasteiger partial charge on any atom is 0.262 e. The molecule has 4 aromatic rings. The summed E-state index contributed by atoms with van der Waals surface area (Å²) in [5, 5.41) is 13.3. The van der Waals surface area contributed by atoms with E-state index in [1.807, 2.05) is 0 Å². The van der Waals surface area contributed by atoms with Crippen LogP contribution in [0.2, 0.25) is 0 Å². The lowest BCUT2D eigenvalue weighted by Crippen LogP contribution is -2.22. The third kappa shape index (κ3) is 4.63. The number of aryl methyl sites for hydroxylation is 1. The highest BCUT2D eigenvalue weighted by molar-refractivity contribution is 7.16. The molecule has 2 aromatic heterocycles. The number of anilines is 1. The van der Waals surface area contributed by atoms with Crippen LogP contribution in [-0.2, 0) is 17.6 Å². The number of nitrogens with zero attached hydrogens (tertiary/aromatic N) is 1. The first-order chi connectivity index (χ1) is 18.0. The summed E-state index contributed by atoms with van der Waals surface area (Å²) in [7, 11) is 3.04. The van der Waals surface area contributed by atoms with E-state index in [1.165, 1.54) is 25.6 Å². The van der Waals surface area contributed by atoms with E-state index in [2.05, 4.69) is 11.4 Å². The quantitative estimate of drug-likeness (QED) is 0.354. The van der Waals surface area contributed by atoms with Gasteiger partial charge in [-0.1, -0.05) is 12.1 Å². The van der Waals surface area contributed by atoms with Crippen molar-refractivity contribution in [2.75, 3.05) is 26.1 Å². The van der Waals surface area contributed by atoms with E-state index in [0.717, 1.165) is 36.1 Å². The zero-order valence-electron chi connectivity index (χ0n) is 20.4. The average molecular weight is 517 g/mol. The number of carbonyl (C=O) groups excluding carboxylic acids is 1. The smallest absolute Gasteiger partial charge is 0.262 e. The number of hydrogen-bond acceptors (Lipinski definition) is 8. The Hall–Kier alpha value is -4.29. The Morgan fingerprint density at radius 2 is 1.89 bits per heavy atom. The number of nitriles is 1. The lowest BCUT2D eigenvalue weighted by molar-refractivity contribution is -0.118. The summed E-state index contributed by atoms with van der Waals surface area (Å²) < 4.78 is 22.6. The summed E-state index contributed by atoms with van der Waals surface area (Å²) in [5.41, 5.74) is 2.06. The molecule has 8 nitrogen and oxygen atoms in total. The van der Waals surface area contributed by atoms with Crippen LogP contribution in [0.1, 0.15) is 28.8 Å². The fourth-order valence-corrected chi connectivity index (χ4v) is 5.75. The Bertz CT molecular complexity index is 1600. The molecule has 0 bridgehead atoms. The number of carbonyl (C=O) groups is 1. The van der Waals surface area contributed by atoms with E-state index in [0.29, 0.717) is 38.6 Å². The van der Waals surface area contributed by atoms with Crippen LogP contribution in [0.4, 0.5) is 5.00 Å². The number of ether oxygens (including phenoxy) is 3. The molecule has 0 saturated carbocycles. The summed E-state index contributed by atoms with van der Waals surface area (Å²) in [6.45, 7) is -0.434. The maximum absolute atomic E-state index is 13.4. The second-order valence-corrected chi connectivity index (χ2v) is 9.62. The van der Waals surface area contributed by atoms with E-state index in [9.17, 15) is 14.9 Å². The van der Waals surface area contributed by atoms with Crippen molar-refractivity contribution < 1.29 is 23.4 Å². The predicted molar refractivity (Wildman–Crippen MR) is 141 cm³/mol. The van der Waals surface area contributed by atoms with Crippen molar-refractivity contribution in [1.82, 2.24) is 0 Å². The average Bonchev–Trinajstić information content (AvgIpc) is 3.28.